The van der Waals surface area contributed by atoms with Crippen molar-refractivity contribution in [1.82, 2.24) is 4.98 Å². The Morgan fingerprint density at radius 2 is 1.93 bits per heavy atom. The van der Waals surface area contributed by atoms with E-state index in [1.807, 2.05) is 0 Å². The number of halogens is 3. The number of nitrogens with zero attached hydrogens (tertiary/aromatic N) is 1. The second-order valence-electron chi connectivity index (χ2n) is 6.13. The van der Waals surface area contributed by atoms with Crippen LogP contribution >= 0.6 is 39.1 Å². The van der Waals surface area contributed by atoms with Crippen LogP contribution in [0.2, 0.25) is 10.0 Å². The van der Waals surface area contributed by atoms with Crippen molar-refractivity contribution < 1.29 is 13.9 Å². The van der Waals surface area contributed by atoms with Gasteiger partial charge in [-0.25, -0.2) is 4.98 Å². The van der Waals surface area contributed by atoms with Gasteiger partial charge in [-0.05, 0) is 70.5 Å². The fourth-order valence-electron chi connectivity index (χ4n) is 2.79. The Morgan fingerprint density at radius 1 is 1.10 bits per heavy atom. The maximum absolute atomic E-state index is 12.6. The highest BCUT2D eigenvalue weighted by atomic mass is 79.9. The first kappa shape index (κ1) is 19.8. The summed E-state index contributed by atoms with van der Waals surface area (Å²) < 4.78 is 11.7. The molecule has 1 N–H and O–H groups in total. The Balaban J connectivity index is 1.60. The van der Waals surface area contributed by atoms with Crippen LogP contribution in [0.25, 0.3) is 22.6 Å². The van der Waals surface area contributed by atoms with Crippen molar-refractivity contribution in [2.45, 2.75) is 0 Å². The quantitative estimate of drug-likeness (QED) is 0.340. The lowest BCUT2D eigenvalue weighted by atomic mass is 10.2. The lowest BCUT2D eigenvalue weighted by Gasteiger charge is -2.07. The van der Waals surface area contributed by atoms with Gasteiger partial charge in [0.05, 0.1) is 22.2 Å². The van der Waals surface area contributed by atoms with Crippen LogP contribution in [-0.4, -0.2) is 18.0 Å². The van der Waals surface area contributed by atoms with Gasteiger partial charge in [0.1, 0.15) is 11.3 Å². The summed E-state index contributed by atoms with van der Waals surface area (Å²) in [6.45, 7) is 0. The first-order valence-electron chi connectivity index (χ1n) is 8.45. The molecule has 4 aromatic rings. The number of rotatable bonds is 4. The minimum absolute atomic E-state index is 0.253. The molecular formula is C21H13BrCl2N2O3. The third-order valence-electron chi connectivity index (χ3n) is 4.22. The molecule has 0 radical (unpaired) electrons. The Hall–Kier alpha value is -2.54. The molecule has 0 aliphatic rings. The lowest BCUT2D eigenvalue weighted by Crippen LogP contribution is -2.11. The van der Waals surface area contributed by atoms with Gasteiger partial charge in [0, 0.05) is 16.3 Å². The van der Waals surface area contributed by atoms with Gasteiger partial charge in [0.25, 0.3) is 5.91 Å². The number of ether oxygens (including phenoxy) is 1. The molecule has 8 heteroatoms. The Kier molecular flexibility index (Phi) is 5.50. The number of fused-ring (bicyclic) bond motifs is 1. The van der Waals surface area contributed by atoms with E-state index >= 15 is 0 Å². The number of nitrogens with one attached hydrogen (secondary N) is 1. The van der Waals surface area contributed by atoms with Crippen LogP contribution in [0, 0.1) is 0 Å². The van der Waals surface area contributed by atoms with Gasteiger partial charge in [0.15, 0.2) is 5.58 Å². The summed E-state index contributed by atoms with van der Waals surface area (Å²) >= 11 is 15.6. The van der Waals surface area contributed by atoms with E-state index in [0.29, 0.717) is 54.1 Å². The number of carbonyl (C=O) groups excluding carboxylic acids is 1. The molecule has 1 amide bonds. The molecule has 0 fully saturated rings. The van der Waals surface area contributed by atoms with Crippen LogP contribution in [0.15, 0.2) is 63.5 Å². The summed E-state index contributed by atoms with van der Waals surface area (Å²) in [6.07, 6.45) is 0. The third kappa shape index (κ3) is 4.10. The number of oxazole rings is 1. The topological polar surface area (TPSA) is 64.4 Å². The van der Waals surface area contributed by atoms with E-state index in [4.69, 9.17) is 32.4 Å². The van der Waals surface area contributed by atoms with Crippen molar-refractivity contribution in [3.63, 3.8) is 0 Å². The summed E-state index contributed by atoms with van der Waals surface area (Å²) in [7, 11) is 1.57. The number of carbonyl (C=O) groups is 1. The predicted molar refractivity (Wildman–Crippen MR) is 118 cm³/mol. The minimum Gasteiger partial charge on any atom is -0.496 e. The van der Waals surface area contributed by atoms with Crippen molar-refractivity contribution in [1.29, 1.82) is 0 Å². The molecule has 0 aliphatic carbocycles. The third-order valence-corrected chi connectivity index (χ3v) is 5.39. The highest BCUT2D eigenvalue weighted by Gasteiger charge is 2.14. The molecular weight excluding hydrogens is 479 g/mol. The van der Waals surface area contributed by atoms with Crippen molar-refractivity contribution in [2.24, 2.45) is 0 Å². The van der Waals surface area contributed by atoms with E-state index in [1.165, 1.54) is 0 Å². The standard InChI is InChI=1S/C21H13BrCl2N2O3/c1-28-18-6-2-11(8-15(18)22)20(27)25-13-4-7-19-17(10-13)26-21(29-19)14-5-3-12(23)9-16(14)24/h2-10H,1H3,(H,25,27). The van der Waals surface area contributed by atoms with Gasteiger partial charge in [-0.15, -0.1) is 0 Å². The molecule has 4 rings (SSSR count). The second kappa shape index (κ2) is 8.06. The van der Waals surface area contributed by atoms with Gasteiger partial charge in [-0.2, -0.15) is 0 Å². The molecule has 3 aromatic carbocycles. The average molecular weight is 492 g/mol. The largest absolute Gasteiger partial charge is 0.496 e. The molecule has 0 atom stereocenters. The molecule has 29 heavy (non-hydrogen) atoms. The number of amides is 1. The van der Waals surface area contributed by atoms with Gasteiger partial charge in [-0.3, -0.25) is 4.79 Å². The van der Waals surface area contributed by atoms with Crippen molar-refractivity contribution in [3.05, 3.63) is 74.7 Å². The van der Waals surface area contributed by atoms with Crippen molar-refractivity contribution in [3.8, 4) is 17.2 Å². The fourth-order valence-corrected chi connectivity index (χ4v) is 3.82. The number of hydrogen-bond donors (Lipinski definition) is 1. The van der Waals surface area contributed by atoms with Crippen LogP contribution in [0.5, 0.6) is 5.75 Å². The smallest absolute Gasteiger partial charge is 0.255 e. The molecule has 0 saturated carbocycles. The van der Waals surface area contributed by atoms with Crippen molar-refractivity contribution >= 4 is 61.8 Å². The summed E-state index contributed by atoms with van der Waals surface area (Å²) in [4.78, 5) is 17.0. The Labute approximate surface area is 184 Å². The van der Waals surface area contributed by atoms with Crippen LogP contribution in [0.1, 0.15) is 10.4 Å². The highest BCUT2D eigenvalue weighted by Crippen LogP contribution is 2.33. The van der Waals surface area contributed by atoms with Crippen LogP contribution in [0.3, 0.4) is 0 Å². The zero-order valence-corrected chi connectivity index (χ0v) is 18.1. The zero-order chi connectivity index (χ0) is 20.5. The number of benzene rings is 3. The molecule has 0 aliphatic heterocycles. The van der Waals surface area contributed by atoms with Crippen molar-refractivity contribution in [2.75, 3.05) is 12.4 Å². The van der Waals surface area contributed by atoms with E-state index in [-0.39, 0.29) is 5.91 Å². The molecule has 146 valence electrons. The monoisotopic (exact) mass is 490 g/mol. The lowest BCUT2D eigenvalue weighted by molar-refractivity contribution is 0.102. The van der Waals surface area contributed by atoms with Gasteiger partial charge in [0.2, 0.25) is 5.89 Å². The number of hydrogen-bond acceptors (Lipinski definition) is 4. The van der Waals surface area contributed by atoms with Gasteiger partial charge in [-0.1, -0.05) is 23.2 Å². The molecule has 1 heterocycles. The van der Waals surface area contributed by atoms with E-state index in [2.05, 4.69) is 26.2 Å². The SMILES string of the molecule is COc1ccc(C(=O)Nc2ccc3oc(-c4ccc(Cl)cc4Cl)nc3c2)cc1Br. The summed E-state index contributed by atoms with van der Waals surface area (Å²) in [5.74, 6) is 0.778. The van der Waals surface area contributed by atoms with E-state index in [0.717, 1.165) is 0 Å². The molecule has 0 bridgehead atoms. The zero-order valence-electron chi connectivity index (χ0n) is 15.0. The number of methoxy groups -OCH3 is 1. The molecule has 5 nitrogen and oxygen atoms in total. The Bertz CT molecular complexity index is 1240. The maximum Gasteiger partial charge on any atom is 0.255 e. The van der Waals surface area contributed by atoms with E-state index < -0.39 is 0 Å². The second-order valence-corrected chi connectivity index (χ2v) is 7.83. The van der Waals surface area contributed by atoms with Crippen LogP contribution in [-0.2, 0) is 0 Å². The van der Waals surface area contributed by atoms with Crippen LogP contribution < -0.4 is 10.1 Å². The van der Waals surface area contributed by atoms with E-state index in [9.17, 15) is 4.79 Å². The molecule has 0 spiro atoms. The maximum atomic E-state index is 12.6. The highest BCUT2D eigenvalue weighted by molar-refractivity contribution is 9.10. The molecule has 0 saturated heterocycles. The summed E-state index contributed by atoms with van der Waals surface area (Å²) in [5, 5.41) is 3.84. The average Bonchev–Trinajstić information content (AvgIpc) is 3.10. The van der Waals surface area contributed by atoms with Gasteiger partial charge >= 0.3 is 0 Å². The molecule has 0 unspecified atom stereocenters. The first-order chi connectivity index (χ1) is 13.9. The summed E-state index contributed by atoms with van der Waals surface area (Å²) in [6, 6.07) is 15.4. The van der Waals surface area contributed by atoms with Gasteiger partial charge < -0.3 is 14.5 Å². The summed E-state index contributed by atoms with van der Waals surface area (Å²) in [5.41, 5.74) is 2.90. The predicted octanol–water partition coefficient (Wildman–Crippen LogP) is 6.83. The number of aromatic nitrogens is 1. The Morgan fingerprint density at radius 3 is 2.66 bits per heavy atom. The number of anilines is 1. The first-order valence-corrected chi connectivity index (χ1v) is 10.0. The van der Waals surface area contributed by atoms with E-state index in [1.54, 1.807) is 61.7 Å². The molecule has 1 aromatic heterocycles. The minimum atomic E-state index is -0.253. The van der Waals surface area contributed by atoms with Crippen LogP contribution in [0.4, 0.5) is 5.69 Å². The normalized spacial score (nSPS) is 10.9. The fraction of sp³-hybridized carbons (Fsp3) is 0.0476.